The van der Waals surface area contributed by atoms with E-state index >= 15 is 0 Å². The second-order valence-electron chi connectivity index (χ2n) is 10.9. The number of rotatable bonds is 16. The number of halogens is 3. The van der Waals surface area contributed by atoms with E-state index in [1.54, 1.807) is 60.0 Å². The normalized spacial score (nSPS) is 12.1. The Labute approximate surface area is 308 Å². The first-order valence-electron chi connectivity index (χ1n) is 15.5. The Kier molecular flexibility index (Phi) is 13.1. The number of fused-ring (bicyclic) bond motifs is 1. The van der Waals surface area contributed by atoms with Crippen LogP contribution in [0.25, 0.3) is 16.6 Å². The number of ether oxygens (including phenoxy) is 2. The first kappa shape index (κ1) is 38.3. The average Bonchev–Trinajstić information content (AvgIpc) is 3.13. The SMILES string of the molecule is CNC(=O)[C@H](COc1ncc(Cl)c2c1c(=O)cc(C)n2-c1c(Cl)cc(OCCO)cc1Cl)OP(=O)(OCc1ccccc1)OCc1ccccc1. The number of aliphatic hydroxyl groups is 1. The number of likely N-dealkylation sites (N-methyl/N-ethyl adjacent to an activating group) is 1. The maximum Gasteiger partial charge on any atom is 0.476 e. The van der Waals surface area contributed by atoms with Gasteiger partial charge in [-0.15, -0.1) is 0 Å². The van der Waals surface area contributed by atoms with Gasteiger partial charge in [0.25, 0.3) is 5.91 Å². The molecule has 16 heteroatoms. The number of aliphatic hydroxyl groups excluding tert-OH is 1. The molecular weight excluding hydrogens is 744 g/mol. The molecule has 0 radical (unpaired) electrons. The molecule has 5 aromatic rings. The van der Waals surface area contributed by atoms with Crippen LogP contribution in [0.1, 0.15) is 16.8 Å². The van der Waals surface area contributed by atoms with Crippen molar-refractivity contribution >= 4 is 59.4 Å². The molecule has 0 spiro atoms. The predicted molar refractivity (Wildman–Crippen MR) is 194 cm³/mol. The maximum atomic E-state index is 14.1. The van der Waals surface area contributed by atoms with Gasteiger partial charge >= 0.3 is 7.82 Å². The molecule has 0 fully saturated rings. The zero-order valence-electron chi connectivity index (χ0n) is 27.4. The summed E-state index contributed by atoms with van der Waals surface area (Å²) in [5, 5.41) is 11.9. The molecule has 0 bridgehead atoms. The smallest absolute Gasteiger partial charge is 0.476 e. The molecule has 1 amide bonds. The van der Waals surface area contributed by atoms with E-state index in [1.165, 1.54) is 31.4 Å². The molecule has 0 aliphatic rings. The number of pyridine rings is 2. The number of nitrogens with zero attached hydrogens (tertiary/aromatic N) is 2. The topological polar surface area (TPSA) is 147 Å². The zero-order chi connectivity index (χ0) is 36.5. The van der Waals surface area contributed by atoms with Crippen molar-refractivity contribution in [3.05, 3.63) is 127 Å². The number of aromatic nitrogens is 2. The average molecular weight is 777 g/mol. The number of nitrogens with one attached hydrogen (secondary N) is 1. The van der Waals surface area contributed by atoms with Crippen LogP contribution < -0.4 is 20.2 Å². The fourth-order valence-electron chi connectivity index (χ4n) is 4.98. The predicted octanol–water partition coefficient (Wildman–Crippen LogP) is 7.08. The Morgan fingerprint density at radius 2 is 1.51 bits per heavy atom. The second-order valence-corrected chi connectivity index (χ2v) is 13.8. The summed E-state index contributed by atoms with van der Waals surface area (Å²) in [6.45, 7) is 0.628. The summed E-state index contributed by atoms with van der Waals surface area (Å²) in [4.78, 5) is 30.8. The number of aryl methyl sites for hydroxylation is 1. The van der Waals surface area contributed by atoms with E-state index in [-0.39, 0.29) is 64.0 Å². The molecule has 268 valence electrons. The lowest BCUT2D eigenvalue weighted by Gasteiger charge is -2.24. The molecule has 5 rings (SSSR count). The quantitative estimate of drug-likeness (QED) is 0.0997. The Balaban J connectivity index is 1.48. The zero-order valence-corrected chi connectivity index (χ0v) is 30.5. The van der Waals surface area contributed by atoms with E-state index in [4.69, 9.17) is 63.0 Å². The lowest BCUT2D eigenvalue weighted by Crippen LogP contribution is -2.38. The summed E-state index contributed by atoms with van der Waals surface area (Å²) < 4.78 is 44.2. The van der Waals surface area contributed by atoms with Crippen LogP contribution in [-0.2, 0) is 36.1 Å². The lowest BCUT2D eigenvalue weighted by molar-refractivity contribution is -0.130. The Morgan fingerprint density at radius 1 is 0.922 bits per heavy atom. The van der Waals surface area contributed by atoms with Gasteiger partial charge in [0.2, 0.25) is 5.88 Å². The molecular formula is C35H33Cl3N3O9P. The first-order chi connectivity index (χ1) is 24.5. The first-order valence-corrected chi connectivity index (χ1v) is 18.1. The van der Waals surface area contributed by atoms with Gasteiger partial charge in [-0.1, -0.05) is 95.5 Å². The molecule has 0 saturated carbocycles. The number of carbonyl (C=O) groups excluding carboxylic acids is 1. The number of amides is 1. The Morgan fingerprint density at radius 3 is 2.06 bits per heavy atom. The molecule has 51 heavy (non-hydrogen) atoms. The second kappa shape index (κ2) is 17.5. The van der Waals surface area contributed by atoms with Crippen molar-refractivity contribution in [2.24, 2.45) is 0 Å². The van der Waals surface area contributed by atoms with Crippen LogP contribution in [-0.4, -0.2) is 53.5 Å². The number of hydrogen-bond donors (Lipinski definition) is 2. The summed E-state index contributed by atoms with van der Waals surface area (Å²) in [5.41, 5.74) is 1.76. The monoisotopic (exact) mass is 775 g/mol. The number of phosphoric ester groups is 1. The number of hydrogen-bond acceptors (Lipinski definition) is 10. The Hall–Kier alpha value is -3.97. The fourth-order valence-corrected chi connectivity index (χ4v) is 7.13. The summed E-state index contributed by atoms with van der Waals surface area (Å²) in [5.74, 6) is -0.595. The minimum absolute atomic E-state index is 0.0265. The van der Waals surface area contributed by atoms with Crippen LogP contribution in [0.3, 0.4) is 0 Å². The number of carbonyl (C=O) groups is 1. The van der Waals surface area contributed by atoms with Crippen LogP contribution in [0.15, 0.2) is 89.9 Å². The van der Waals surface area contributed by atoms with E-state index < -0.39 is 31.9 Å². The molecule has 0 saturated heterocycles. The molecule has 3 aromatic carbocycles. The van der Waals surface area contributed by atoms with Crippen molar-refractivity contribution in [3.8, 4) is 17.3 Å². The highest BCUT2D eigenvalue weighted by Gasteiger charge is 2.35. The minimum Gasteiger partial charge on any atom is -0.491 e. The van der Waals surface area contributed by atoms with Crippen LogP contribution in [0.5, 0.6) is 11.6 Å². The van der Waals surface area contributed by atoms with Gasteiger partial charge in [-0.3, -0.25) is 23.2 Å². The lowest BCUT2D eigenvalue weighted by atomic mass is 10.2. The van der Waals surface area contributed by atoms with Gasteiger partial charge in [-0.25, -0.2) is 9.55 Å². The summed E-state index contributed by atoms with van der Waals surface area (Å²) >= 11 is 20.0. The van der Waals surface area contributed by atoms with Gasteiger partial charge in [0.05, 0.1) is 52.3 Å². The van der Waals surface area contributed by atoms with E-state index in [0.29, 0.717) is 22.6 Å². The highest BCUT2D eigenvalue weighted by atomic mass is 35.5. The minimum atomic E-state index is -4.44. The summed E-state index contributed by atoms with van der Waals surface area (Å²) in [7, 11) is -3.07. The van der Waals surface area contributed by atoms with E-state index in [2.05, 4.69) is 10.3 Å². The Bertz CT molecular complexity index is 2030. The highest BCUT2D eigenvalue weighted by Crippen LogP contribution is 2.52. The van der Waals surface area contributed by atoms with E-state index in [0.717, 1.165) is 0 Å². The van der Waals surface area contributed by atoms with Crippen molar-refractivity contribution < 1.29 is 37.5 Å². The van der Waals surface area contributed by atoms with Crippen molar-refractivity contribution in [2.75, 3.05) is 26.9 Å². The van der Waals surface area contributed by atoms with Crippen LogP contribution in [0.4, 0.5) is 0 Å². The van der Waals surface area contributed by atoms with Gasteiger partial charge in [0.1, 0.15) is 24.3 Å². The van der Waals surface area contributed by atoms with E-state index in [9.17, 15) is 14.2 Å². The van der Waals surface area contributed by atoms with Crippen LogP contribution >= 0.6 is 42.6 Å². The third-order valence-electron chi connectivity index (χ3n) is 7.34. The maximum absolute atomic E-state index is 14.1. The van der Waals surface area contributed by atoms with Crippen LogP contribution in [0.2, 0.25) is 15.1 Å². The molecule has 2 aromatic heterocycles. The van der Waals surface area contributed by atoms with Crippen molar-refractivity contribution in [3.63, 3.8) is 0 Å². The van der Waals surface area contributed by atoms with Gasteiger partial charge in [-0.05, 0) is 18.1 Å². The van der Waals surface area contributed by atoms with E-state index in [1.807, 2.05) is 12.1 Å². The molecule has 0 aliphatic heterocycles. The number of benzene rings is 3. The van der Waals surface area contributed by atoms with Crippen LogP contribution in [0, 0.1) is 6.92 Å². The van der Waals surface area contributed by atoms with Gasteiger partial charge in [0, 0.05) is 30.9 Å². The highest BCUT2D eigenvalue weighted by molar-refractivity contribution is 7.48. The molecule has 1 atom stereocenters. The summed E-state index contributed by atoms with van der Waals surface area (Å²) in [6, 6.07) is 22.2. The van der Waals surface area contributed by atoms with Crippen molar-refractivity contribution in [2.45, 2.75) is 26.2 Å². The summed E-state index contributed by atoms with van der Waals surface area (Å²) in [6.07, 6.45) is -0.287. The van der Waals surface area contributed by atoms with Gasteiger partial charge < -0.3 is 24.5 Å². The number of phosphoric acid groups is 1. The third kappa shape index (κ3) is 9.48. The molecule has 2 N–H and O–H groups in total. The van der Waals surface area contributed by atoms with Crippen molar-refractivity contribution in [1.29, 1.82) is 0 Å². The fraction of sp³-hybridized carbons (Fsp3) is 0.229. The van der Waals surface area contributed by atoms with Gasteiger partial charge in [-0.2, -0.15) is 0 Å². The molecule has 0 unspecified atom stereocenters. The molecule has 12 nitrogen and oxygen atoms in total. The van der Waals surface area contributed by atoms with Crippen molar-refractivity contribution in [1.82, 2.24) is 14.9 Å². The molecule has 2 heterocycles. The standard InChI is InChI=1S/C35H33Cl3N3O9P/c1-22-15-29(43)31-33(41(22)32-26(36)16-25(17-27(32)37)46-14-13-42)28(38)18-40-35(31)47-21-30(34(44)39-2)50-51(45,48-19-23-9-5-3-6-10-23)49-20-24-11-7-4-8-12-24/h3-12,15-18,30,42H,13-14,19-21H2,1-2H3,(H,39,44)/t30-/m0/s1. The molecule has 0 aliphatic carbocycles. The largest absolute Gasteiger partial charge is 0.491 e. The third-order valence-corrected chi connectivity index (χ3v) is 9.60. The van der Waals surface area contributed by atoms with Gasteiger partial charge in [0.15, 0.2) is 11.5 Å².